The summed E-state index contributed by atoms with van der Waals surface area (Å²) in [5, 5.41) is 0.679. The highest BCUT2D eigenvalue weighted by atomic mass is 35.5. The Kier molecular flexibility index (Phi) is 6.26. The van der Waals surface area contributed by atoms with E-state index < -0.39 is 0 Å². The van der Waals surface area contributed by atoms with Crippen molar-refractivity contribution in [2.24, 2.45) is 4.99 Å². The number of rotatable bonds is 5. The van der Waals surface area contributed by atoms with E-state index in [1.807, 2.05) is 84.9 Å². The predicted molar refractivity (Wildman–Crippen MR) is 135 cm³/mol. The van der Waals surface area contributed by atoms with Crippen LogP contribution < -0.4 is 10.9 Å². The number of fused-ring (bicyclic) bond motifs is 2. The molecule has 2 N–H and O–H groups in total. The van der Waals surface area contributed by atoms with Crippen LogP contribution >= 0.6 is 23.4 Å². The molecule has 4 aromatic carbocycles. The first-order chi connectivity index (χ1) is 16.2. The lowest BCUT2D eigenvalue weighted by molar-refractivity contribution is 0.0932. The fourth-order valence-corrected chi connectivity index (χ4v) is 4.73. The Morgan fingerprint density at radius 2 is 1.61 bits per heavy atom. The molecule has 0 saturated heterocycles. The Morgan fingerprint density at radius 1 is 0.848 bits per heavy atom. The van der Waals surface area contributed by atoms with E-state index in [1.165, 1.54) is 0 Å². The number of amides is 1. The van der Waals surface area contributed by atoms with Crippen LogP contribution in [-0.2, 0) is 6.54 Å². The molecule has 0 saturated carbocycles. The molecule has 1 heterocycles. The van der Waals surface area contributed by atoms with Crippen LogP contribution in [0.3, 0.4) is 0 Å². The zero-order valence-electron chi connectivity index (χ0n) is 17.6. The van der Waals surface area contributed by atoms with Crippen LogP contribution in [0.4, 0.5) is 5.69 Å². The number of hydrogen-bond acceptors (Lipinski definition) is 4. The summed E-state index contributed by atoms with van der Waals surface area (Å²) < 4.78 is 0. The van der Waals surface area contributed by atoms with E-state index in [4.69, 9.17) is 16.6 Å². The summed E-state index contributed by atoms with van der Waals surface area (Å²) in [5.74, 6) is -0.205. The first-order valence-electron chi connectivity index (χ1n) is 10.5. The summed E-state index contributed by atoms with van der Waals surface area (Å²) in [6.45, 7) is 0.543. The summed E-state index contributed by atoms with van der Waals surface area (Å²) in [5.41, 5.74) is 11.0. The molecule has 0 atom stereocenters. The van der Waals surface area contributed by atoms with Crippen molar-refractivity contribution in [1.29, 1.82) is 0 Å². The van der Waals surface area contributed by atoms with Crippen molar-refractivity contribution in [1.82, 2.24) is 10.9 Å². The Hall–Kier alpha value is -3.38. The minimum Gasteiger partial charge on any atom is -0.287 e. The van der Waals surface area contributed by atoms with Gasteiger partial charge in [0.15, 0.2) is 0 Å². The van der Waals surface area contributed by atoms with E-state index in [2.05, 4.69) is 23.0 Å². The molecule has 33 heavy (non-hydrogen) atoms. The number of carbonyl (C=O) groups is 1. The maximum absolute atomic E-state index is 12.8. The van der Waals surface area contributed by atoms with Gasteiger partial charge in [-0.3, -0.25) is 10.2 Å². The third-order valence-corrected chi connectivity index (χ3v) is 6.66. The second kappa shape index (κ2) is 9.63. The van der Waals surface area contributed by atoms with Crippen LogP contribution in [0, 0.1) is 0 Å². The van der Waals surface area contributed by atoms with E-state index in [1.54, 1.807) is 11.8 Å². The molecule has 0 spiro atoms. The van der Waals surface area contributed by atoms with Crippen LogP contribution in [0.5, 0.6) is 0 Å². The smallest absolute Gasteiger partial charge is 0.265 e. The molecular formula is C27H20ClN3OS. The number of nitrogens with zero attached hydrogens (tertiary/aromatic N) is 1. The van der Waals surface area contributed by atoms with Gasteiger partial charge < -0.3 is 0 Å². The molecule has 1 aliphatic rings. The minimum atomic E-state index is -0.205. The van der Waals surface area contributed by atoms with Gasteiger partial charge in [-0.15, -0.1) is 0 Å². The van der Waals surface area contributed by atoms with Crippen molar-refractivity contribution in [3.05, 3.63) is 124 Å². The minimum absolute atomic E-state index is 0.205. The predicted octanol–water partition coefficient (Wildman–Crippen LogP) is 6.41. The average Bonchev–Trinajstić information content (AvgIpc) is 3.01. The zero-order chi connectivity index (χ0) is 22.6. The molecule has 4 aromatic rings. The van der Waals surface area contributed by atoms with Crippen molar-refractivity contribution < 1.29 is 4.79 Å². The van der Waals surface area contributed by atoms with Gasteiger partial charge in [0, 0.05) is 38.0 Å². The maximum Gasteiger partial charge on any atom is 0.265 e. The van der Waals surface area contributed by atoms with Gasteiger partial charge in [0.05, 0.1) is 11.4 Å². The number of aliphatic imine (C=N–C) groups is 1. The highest BCUT2D eigenvalue weighted by Crippen LogP contribution is 2.41. The first-order valence-corrected chi connectivity index (χ1v) is 11.7. The quantitative estimate of drug-likeness (QED) is 0.292. The van der Waals surface area contributed by atoms with Crippen molar-refractivity contribution in [2.45, 2.75) is 16.3 Å². The fourth-order valence-electron chi connectivity index (χ4n) is 3.61. The Bertz CT molecular complexity index is 1340. The average molecular weight is 470 g/mol. The van der Waals surface area contributed by atoms with Crippen LogP contribution in [0.15, 0.2) is 112 Å². The van der Waals surface area contributed by atoms with Crippen LogP contribution in [-0.4, -0.2) is 11.6 Å². The van der Waals surface area contributed by atoms with Gasteiger partial charge >= 0.3 is 0 Å². The number of hydrazine groups is 1. The number of halogens is 1. The lowest BCUT2D eigenvalue weighted by Gasteiger charge is -2.09. The van der Waals surface area contributed by atoms with Crippen molar-refractivity contribution in [2.75, 3.05) is 0 Å². The van der Waals surface area contributed by atoms with Gasteiger partial charge in [-0.25, -0.2) is 10.4 Å². The topological polar surface area (TPSA) is 53.5 Å². The fraction of sp³-hybridized carbons (Fsp3) is 0.0370. The molecule has 0 bridgehead atoms. The lowest BCUT2D eigenvalue weighted by Crippen LogP contribution is -2.36. The number of carbonyl (C=O) groups excluding carboxylic acids is 1. The van der Waals surface area contributed by atoms with E-state index in [9.17, 15) is 4.79 Å². The van der Waals surface area contributed by atoms with E-state index in [-0.39, 0.29) is 5.91 Å². The van der Waals surface area contributed by atoms with Gasteiger partial charge in [0.2, 0.25) is 0 Å². The lowest BCUT2D eigenvalue weighted by atomic mass is 10.0. The normalized spacial score (nSPS) is 12.2. The standard InChI is InChI=1S/C27H20ClN3OS/c28-21-13-10-19(11-14-21)26-22-8-4-5-9-24(22)33-25-15-12-20(16-23(25)30-26)27(32)31-29-17-18-6-2-1-3-7-18/h1-16,29H,17H2,(H,31,32). The molecule has 5 rings (SSSR count). The number of benzene rings is 4. The molecule has 162 valence electrons. The van der Waals surface area contributed by atoms with Gasteiger partial charge in [-0.05, 0) is 42.0 Å². The van der Waals surface area contributed by atoms with Crippen molar-refractivity contribution >= 4 is 40.7 Å². The summed E-state index contributed by atoms with van der Waals surface area (Å²) in [6.07, 6.45) is 0. The Balaban J connectivity index is 1.45. The molecule has 0 radical (unpaired) electrons. The monoisotopic (exact) mass is 469 g/mol. The van der Waals surface area contributed by atoms with Crippen LogP contribution in [0.1, 0.15) is 27.0 Å². The van der Waals surface area contributed by atoms with Gasteiger partial charge in [0.1, 0.15) is 0 Å². The molecule has 4 nitrogen and oxygen atoms in total. The Morgan fingerprint density at radius 3 is 2.42 bits per heavy atom. The summed E-state index contributed by atoms with van der Waals surface area (Å²) in [4.78, 5) is 19.9. The molecule has 1 amide bonds. The first kappa shape index (κ1) is 21.5. The number of nitrogens with one attached hydrogen (secondary N) is 2. The van der Waals surface area contributed by atoms with Crippen LogP contribution in [0.2, 0.25) is 5.02 Å². The highest BCUT2D eigenvalue weighted by Gasteiger charge is 2.20. The van der Waals surface area contributed by atoms with E-state index in [0.29, 0.717) is 17.1 Å². The summed E-state index contributed by atoms with van der Waals surface area (Å²) in [7, 11) is 0. The summed E-state index contributed by atoms with van der Waals surface area (Å²) >= 11 is 7.76. The largest absolute Gasteiger partial charge is 0.287 e. The van der Waals surface area contributed by atoms with Crippen molar-refractivity contribution in [3.63, 3.8) is 0 Å². The molecule has 0 aliphatic carbocycles. The van der Waals surface area contributed by atoms with E-state index in [0.717, 1.165) is 37.9 Å². The molecular weight excluding hydrogens is 450 g/mol. The highest BCUT2D eigenvalue weighted by molar-refractivity contribution is 7.99. The third kappa shape index (κ3) is 4.86. The van der Waals surface area contributed by atoms with E-state index >= 15 is 0 Å². The van der Waals surface area contributed by atoms with Gasteiger partial charge in [-0.1, -0.05) is 84.0 Å². The zero-order valence-corrected chi connectivity index (χ0v) is 19.2. The molecule has 6 heteroatoms. The summed E-state index contributed by atoms with van der Waals surface area (Å²) in [6, 6.07) is 31.4. The molecule has 0 unspecified atom stereocenters. The van der Waals surface area contributed by atoms with Gasteiger partial charge in [0.25, 0.3) is 5.91 Å². The number of hydrogen-bond donors (Lipinski definition) is 2. The second-order valence-corrected chi connectivity index (χ2v) is 9.06. The SMILES string of the molecule is O=C(NNCc1ccccc1)c1ccc2c(c1)N=C(c1ccc(Cl)cc1)c1ccccc1S2. The third-order valence-electron chi connectivity index (χ3n) is 5.27. The maximum atomic E-state index is 12.8. The molecule has 1 aliphatic heterocycles. The molecule has 0 aromatic heterocycles. The molecule has 0 fully saturated rings. The Labute approximate surface area is 201 Å². The van der Waals surface area contributed by atoms with Crippen molar-refractivity contribution in [3.8, 4) is 0 Å². The van der Waals surface area contributed by atoms with Gasteiger partial charge in [-0.2, -0.15) is 0 Å². The van der Waals surface area contributed by atoms with Crippen LogP contribution in [0.25, 0.3) is 0 Å². The second-order valence-electron chi connectivity index (χ2n) is 7.54.